The van der Waals surface area contributed by atoms with E-state index in [-0.39, 0.29) is 11.8 Å². The number of hydrazone groups is 1. The van der Waals surface area contributed by atoms with Crippen LogP contribution in [0.5, 0.6) is 0 Å². The molecule has 0 amide bonds. The molecule has 2 N–H and O–H groups in total. The van der Waals surface area contributed by atoms with Crippen LogP contribution < -0.4 is 15.6 Å². The van der Waals surface area contributed by atoms with Crippen LogP contribution in [0.2, 0.25) is 0 Å². The van der Waals surface area contributed by atoms with Crippen molar-refractivity contribution in [1.82, 2.24) is 15.0 Å². The summed E-state index contributed by atoms with van der Waals surface area (Å²) < 4.78 is 19.4. The highest BCUT2D eigenvalue weighted by atomic mass is 19.1. The van der Waals surface area contributed by atoms with Gasteiger partial charge in [-0.3, -0.25) is 9.98 Å². The molecule has 1 saturated heterocycles. The average Bonchev–Trinajstić information content (AvgIpc) is 2.94. The van der Waals surface area contributed by atoms with Crippen molar-refractivity contribution in [3.05, 3.63) is 78.1 Å². The maximum absolute atomic E-state index is 14.1. The summed E-state index contributed by atoms with van der Waals surface area (Å²) in [5.74, 6) is -0.00409. The topological polar surface area (TPSA) is 99.9 Å². The fourth-order valence-electron chi connectivity index (χ4n) is 3.33. The van der Waals surface area contributed by atoms with Gasteiger partial charge in [-0.25, -0.2) is 14.8 Å². The zero-order valence-electron chi connectivity index (χ0n) is 21.4. The summed E-state index contributed by atoms with van der Waals surface area (Å²) in [6.45, 7) is 8.22. The zero-order valence-corrected chi connectivity index (χ0v) is 21.4. The van der Waals surface area contributed by atoms with Crippen LogP contribution in [0.15, 0.2) is 71.2 Å². The first-order valence-corrected chi connectivity index (χ1v) is 12.2. The van der Waals surface area contributed by atoms with Gasteiger partial charge in [-0.15, -0.1) is 0 Å². The largest absolute Gasteiger partial charge is 0.378 e. The molecule has 0 bridgehead atoms. The van der Waals surface area contributed by atoms with E-state index >= 15 is 0 Å². The number of ether oxygens (including phenoxy) is 1. The third-order valence-corrected chi connectivity index (χ3v) is 5.19. The Bertz CT molecular complexity index is 1180. The van der Waals surface area contributed by atoms with Crippen LogP contribution in [0.25, 0.3) is 0 Å². The molecule has 10 heteroatoms. The van der Waals surface area contributed by atoms with Crippen LogP contribution in [0.1, 0.15) is 32.0 Å². The Morgan fingerprint density at radius 2 is 1.92 bits per heavy atom. The van der Waals surface area contributed by atoms with E-state index in [1.807, 2.05) is 49.1 Å². The van der Waals surface area contributed by atoms with Gasteiger partial charge in [0.05, 0.1) is 43.2 Å². The van der Waals surface area contributed by atoms with Gasteiger partial charge in [-0.1, -0.05) is 25.1 Å². The second-order valence-corrected chi connectivity index (χ2v) is 7.87. The molecule has 1 fully saturated rings. The summed E-state index contributed by atoms with van der Waals surface area (Å²) in [5, 5.41) is 7.45. The maximum Gasteiger partial charge on any atom is 0.245 e. The number of morpholine rings is 1. The molecule has 4 rings (SSSR count). The molecule has 194 valence electrons. The molecule has 3 aromatic rings. The summed E-state index contributed by atoms with van der Waals surface area (Å²) >= 11 is 0. The van der Waals surface area contributed by atoms with Gasteiger partial charge in [0.15, 0.2) is 11.6 Å². The van der Waals surface area contributed by atoms with Crippen molar-refractivity contribution in [1.29, 1.82) is 0 Å². The van der Waals surface area contributed by atoms with Crippen molar-refractivity contribution < 1.29 is 9.13 Å². The van der Waals surface area contributed by atoms with E-state index in [0.29, 0.717) is 32.0 Å². The second-order valence-electron chi connectivity index (χ2n) is 7.87. The molecule has 0 unspecified atom stereocenters. The highest BCUT2D eigenvalue weighted by Gasteiger charge is 2.17. The average molecular weight is 505 g/mol. The van der Waals surface area contributed by atoms with E-state index in [0.717, 1.165) is 24.0 Å². The number of nitrogens with one attached hydrogen (secondary N) is 2. The molecule has 9 nitrogen and oxygen atoms in total. The van der Waals surface area contributed by atoms with Gasteiger partial charge < -0.3 is 15.0 Å². The summed E-state index contributed by atoms with van der Waals surface area (Å²) in [6, 6.07) is 12.0. The highest BCUT2D eigenvalue weighted by Crippen LogP contribution is 2.19. The number of rotatable bonds is 8. The number of hydrogen-bond acceptors (Lipinski definition) is 9. The number of anilines is 4. The molecule has 2 aromatic heterocycles. The predicted molar refractivity (Wildman–Crippen MR) is 149 cm³/mol. The lowest BCUT2D eigenvalue weighted by Gasteiger charge is -2.27. The van der Waals surface area contributed by atoms with Crippen molar-refractivity contribution in [3.8, 4) is 0 Å². The predicted octanol–water partition coefficient (Wildman–Crippen LogP) is 5.21. The van der Waals surface area contributed by atoms with Crippen molar-refractivity contribution >= 4 is 35.6 Å². The fraction of sp³-hybridized carbons (Fsp3) is 0.296. The summed E-state index contributed by atoms with van der Waals surface area (Å²) in [7, 11) is 0. The number of hydrogen-bond donors (Lipinski definition) is 2. The van der Waals surface area contributed by atoms with Crippen LogP contribution in [0, 0.1) is 5.82 Å². The minimum absolute atomic E-state index is 0.216. The van der Waals surface area contributed by atoms with E-state index in [1.165, 1.54) is 5.56 Å². The van der Waals surface area contributed by atoms with Gasteiger partial charge in [-0.2, -0.15) is 10.1 Å². The number of aryl methyl sites for hydroxylation is 1. The minimum Gasteiger partial charge on any atom is -0.378 e. The Hall–Kier alpha value is -4.18. The number of allylic oxidation sites excluding steroid dienone is 1. The Labute approximate surface area is 217 Å². The molecule has 1 aromatic carbocycles. The van der Waals surface area contributed by atoms with Gasteiger partial charge in [0.1, 0.15) is 0 Å². The molecule has 37 heavy (non-hydrogen) atoms. The molecule has 1 aliphatic heterocycles. The Morgan fingerprint density at radius 1 is 1.08 bits per heavy atom. The number of halogens is 1. The molecular formula is C27H33FN8O. The molecule has 0 saturated carbocycles. The van der Waals surface area contributed by atoms with E-state index in [9.17, 15) is 4.39 Å². The Kier molecular flexibility index (Phi) is 11.1. The van der Waals surface area contributed by atoms with Gasteiger partial charge in [0.2, 0.25) is 5.95 Å². The highest BCUT2D eigenvalue weighted by molar-refractivity contribution is 5.78. The molecule has 0 atom stereocenters. The van der Waals surface area contributed by atoms with E-state index in [1.54, 1.807) is 24.8 Å². The standard InChI is InChI=1S/C22H24FN7O.C5H9N/c1-2-16-4-3-5-17(12-16)27-19-7-6-18(24-13-19)14-26-29-22-25-15-20(23)21(28-22)30-8-10-31-11-9-30;1-3-5-6-4-2/h3-7,12-15,27H,2,8-11H2,1H3,(H,25,28,29);3-5H,1-2H3/b26-14+;5-3-,6-4?. The molecule has 0 radical (unpaired) electrons. The third-order valence-electron chi connectivity index (χ3n) is 5.19. The SMILES string of the molecule is CC=N/C=C\C.CCc1cccc(Nc2ccc(/C=N/Nc3ncc(F)c(N4CCOCC4)n3)nc2)c1. The number of aromatic nitrogens is 3. The zero-order chi connectivity index (χ0) is 26.3. The first kappa shape index (κ1) is 27.4. The molecular weight excluding hydrogens is 471 g/mol. The third kappa shape index (κ3) is 9.08. The first-order valence-electron chi connectivity index (χ1n) is 12.2. The van der Waals surface area contributed by atoms with Crippen LogP contribution in [0.3, 0.4) is 0 Å². The minimum atomic E-state index is -0.467. The smallest absolute Gasteiger partial charge is 0.245 e. The van der Waals surface area contributed by atoms with Crippen molar-refractivity contribution in [2.75, 3.05) is 41.9 Å². The van der Waals surface area contributed by atoms with Gasteiger partial charge in [0.25, 0.3) is 0 Å². The maximum atomic E-state index is 14.1. The van der Waals surface area contributed by atoms with E-state index in [2.05, 4.69) is 54.8 Å². The normalized spacial score (nSPS) is 13.7. The van der Waals surface area contributed by atoms with Crippen molar-refractivity contribution in [2.45, 2.75) is 27.2 Å². The number of nitrogens with zero attached hydrogens (tertiary/aromatic N) is 6. The monoisotopic (exact) mass is 504 g/mol. The van der Waals surface area contributed by atoms with Crippen molar-refractivity contribution in [2.24, 2.45) is 10.1 Å². The summed E-state index contributed by atoms with van der Waals surface area (Å²) in [5.41, 5.74) is 6.57. The van der Waals surface area contributed by atoms with Crippen molar-refractivity contribution in [3.63, 3.8) is 0 Å². The molecule has 1 aliphatic rings. The number of aliphatic imine (C=N–C) groups is 1. The van der Waals surface area contributed by atoms with Gasteiger partial charge in [0, 0.05) is 31.2 Å². The summed E-state index contributed by atoms with van der Waals surface area (Å²) in [6.07, 6.45) is 10.8. The quantitative estimate of drug-likeness (QED) is 0.321. The van der Waals surface area contributed by atoms with Gasteiger partial charge in [-0.05, 0) is 50.1 Å². The van der Waals surface area contributed by atoms with E-state index in [4.69, 9.17) is 4.74 Å². The lowest BCUT2D eigenvalue weighted by molar-refractivity contribution is 0.122. The number of pyridine rings is 1. The fourth-order valence-corrected chi connectivity index (χ4v) is 3.33. The molecule has 3 heterocycles. The lowest BCUT2D eigenvalue weighted by Crippen LogP contribution is -2.37. The van der Waals surface area contributed by atoms with Crippen LogP contribution in [0.4, 0.5) is 27.5 Å². The Balaban J connectivity index is 0.000000568. The molecule has 0 spiro atoms. The Morgan fingerprint density at radius 3 is 2.59 bits per heavy atom. The first-order chi connectivity index (χ1) is 18.1. The number of benzene rings is 1. The second kappa shape index (κ2) is 15.0. The van der Waals surface area contributed by atoms with Crippen LogP contribution in [-0.4, -0.2) is 53.7 Å². The van der Waals surface area contributed by atoms with E-state index < -0.39 is 5.82 Å². The van der Waals surface area contributed by atoms with Crippen LogP contribution in [-0.2, 0) is 11.2 Å². The molecule has 0 aliphatic carbocycles. The van der Waals surface area contributed by atoms with Crippen LogP contribution >= 0.6 is 0 Å². The summed E-state index contributed by atoms with van der Waals surface area (Å²) in [4.78, 5) is 18.2. The van der Waals surface area contributed by atoms with Gasteiger partial charge >= 0.3 is 0 Å². The lowest BCUT2D eigenvalue weighted by atomic mass is 10.1.